The van der Waals surface area contributed by atoms with Crippen LogP contribution in [-0.2, 0) is 0 Å². The summed E-state index contributed by atoms with van der Waals surface area (Å²) < 4.78 is 5.49. The van der Waals surface area contributed by atoms with E-state index in [-0.39, 0.29) is 11.3 Å². The summed E-state index contributed by atoms with van der Waals surface area (Å²) in [6.07, 6.45) is 0. The molecule has 5 heteroatoms. The fraction of sp³-hybridized carbons (Fsp3) is 0.562. The third-order valence-corrected chi connectivity index (χ3v) is 3.06. The number of ether oxygens (including phenoxy) is 1. The van der Waals surface area contributed by atoms with E-state index in [1.807, 2.05) is 21.0 Å². The Kier molecular flexibility index (Phi) is 6.03. The first-order valence-electron chi connectivity index (χ1n) is 7.21. The number of hydrogen-bond donors (Lipinski definition) is 2. The molecule has 0 bridgehead atoms. The van der Waals surface area contributed by atoms with Gasteiger partial charge in [0.05, 0.1) is 6.61 Å². The zero-order chi connectivity index (χ0) is 16.0. The first kappa shape index (κ1) is 17.3. The molecule has 0 aliphatic carbocycles. The summed E-state index contributed by atoms with van der Waals surface area (Å²) in [5.74, 6) is 0.337. The molecule has 0 saturated carbocycles. The fourth-order valence-corrected chi connectivity index (χ4v) is 2.39. The Bertz CT molecular complexity index is 484. The molecule has 0 spiro atoms. The Labute approximate surface area is 127 Å². The molecule has 0 fully saturated rings. The summed E-state index contributed by atoms with van der Waals surface area (Å²) in [4.78, 5) is 14.5. The number of hydrogen-bond acceptors (Lipinski definition) is 4. The average Bonchev–Trinajstić information content (AvgIpc) is 2.35. The molecule has 0 atom stereocenters. The maximum atomic E-state index is 12.4. The van der Waals surface area contributed by atoms with Crippen LogP contribution in [0, 0.1) is 5.41 Å². The highest BCUT2D eigenvalue weighted by atomic mass is 16.5. The third-order valence-electron chi connectivity index (χ3n) is 3.06. The molecular formula is C16H27N3O2. The minimum absolute atomic E-state index is 0.0194. The zero-order valence-corrected chi connectivity index (χ0v) is 13.7. The molecule has 0 unspecified atom stereocenters. The van der Waals surface area contributed by atoms with Gasteiger partial charge in [-0.15, -0.1) is 0 Å². The Morgan fingerprint density at radius 3 is 2.62 bits per heavy atom. The van der Waals surface area contributed by atoms with Gasteiger partial charge < -0.3 is 20.7 Å². The van der Waals surface area contributed by atoms with Gasteiger partial charge in [-0.05, 0) is 38.6 Å². The molecule has 1 aromatic rings. The van der Waals surface area contributed by atoms with Crippen molar-refractivity contribution >= 4 is 11.6 Å². The highest BCUT2D eigenvalue weighted by molar-refractivity contribution is 6.01. The molecule has 0 radical (unpaired) electrons. The van der Waals surface area contributed by atoms with Crippen LogP contribution in [0.15, 0.2) is 18.2 Å². The van der Waals surface area contributed by atoms with Crippen LogP contribution < -0.4 is 15.8 Å². The minimum Gasteiger partial charge on any atom is -0.493 e. The molecule has 118 valence electrons. The number of nitrogen functional groups attached to an aromatic ring is 1. The van der Waals surface area contributed by atoms with Gasteiger partial charge in [-0.3, -0.25) is 4.79 Å². The molecule has 5 nitrogen and oxygen atoms in total. The second kappa shape index (κ2) is 7.31. The van der Waals surface area contributed by atoms with E-state index in [9.17, 15) is 4.79 Å². The monoisotopic (exact) mass is 293 g/mol. The summed E-state index contributed by atoms with van der Waals surface area (Å²) in [6, 6.07) is 5.26. The lowest BCUT2D eigenvalue weighted by molar-refractivity contribution is 0.0926. The summed E-state index contributed by atoms with van der Waals surface area (Å²) in [5.41, 5.74) is 6.76. The van der Waals surface area contributed by atoms with Crippen molar-refractivity contribution in [2.45, 2.75) is 20.8 Å². The van der Waals surface area contributed by atoms with Gasteiger partial charge in [-0.2, -0.15) is 0 Å². The minimum atomic E-state index is -0.191. The normalized spacial score (nSPS) is 11.5. The van der Waals surface area contributed by atoms with Gasteiger partial charge in [0.2, 0.25) is 0 Å². The molecule has 0 aliphatic heterocycles. The second-order valence-corrected chi connectivity index (χ2v) is 6.24. The van der Waals surface area contributed by atoms with Crippen molar-refractivity contribution in [3.05, 3.63) is 23.8 Å². The van der Waals surface area contributed by atoms with E-state index >= 15 is 0 Å². The first-order valence-corrected chi connectivity index (χ1v) is 7.21. The highest BCUT2D eigenvalue weighted by Crippen LogP contribution is 2.25. The molecule has 0 aromatic heterocycles. The molecule has 1 amide bonds. The van der Waals surface area contributed by atoms with E-state index in [0.29, 0.717) is 30.2 Å². The molecule has 0 heterocycles. The van der Waals surface area contributed by atoms with Crippen molar-refractivity contribution in [3.8, 4) is 5.75 Å². The molecular weight excluding hydrogens is 266 g/mol. The van der Waals surface area contributed by atoms with Crippen LogP contribution >= 0.6 is 0 Å². The topological polar surface area (TPSA) is 67.6 Å². The summed E-state index contributed by atoms with van der Waals surface area (Å²) >= 11 is 0. The van der Waals surface area contributed by atoms with E-state index in [4.69, 9.17) is 10.5 Å². The number of anilines is 1. The molecule has 1 rings (SSSR count). The van der Waals surface area contributed by atoms with Crippen molar-refractivity contribution < 1.29 is 9.53 Å². The summed E-state index contributed by atoms with van der Waals surface area (Å²) in [5, 5.41) is 2.96. The van der Waals surface area contributed by atoms with Crippen molar-refractivity contribution in [2.24, 2.45) is 5.41 Å². The van der Waals surface area contributed by atoms with Crippen LogP contribution in [0.25, 0.3) is 0 Å². The number of carbonyl (C=O) groups excluding carboxylic acids is 1. The lowest BCUT2D eigenvalue weighted by Gasteiger charge is -2.28. The standard InChI is InChI=1S/C16H27N3O2/c1-6-21-13-9-7-8-12(17)14(13)15(20)18-10-16(2,3)11-19(4)5/h7-9H,6,10-11,17H2,1-5H3,(H,18,20). The lowest BCUT2D eigenvalue weighted by atomic mass is 9.93. The molecule has 3 N–H and O–H groups in total. The molecule has 1 aromatic carbocycles. The maximum absolute atomic E-state index is 12.4. The number of nitrogens with zero attached hydrogens (tertiary/aromatic N) is 1. The third kappa shape index (κ3) is 5.27. The highest BCUT2D eigenvalue weighted by Gasteiger charge is 2.22. The van der Waals surface area contributed by atoms with Gasteiger partial charge in [0.25, 0.3) is 5.91 Å². The van der Waals surface area contributed by atoms with E-state index in [0.717, 1.165) is 6.54 Å². The second-order valence-electron chi connectivity index (χ2n) is 6.24. The summed E-state index contributed by atoms with van der Waals surface area (Å²) in [7, 11) is 4.04. The molecule has 0 saturated heterocycles. The zero-order valence-electron chi connectivity index (χ0n) is 13.7. The maximum Gasteiger partial charge on any atom is 0.257 e. The number of rotatable bonds is 7. The van der Waals surface area contributed by atoms with Gasteiger partial charge in [-0.25, -0.2) is 0 Å². The van der Waals surface area contributed by atoms with Crippen LogP contribution in [-0.4, -0.2) is 44.6 Å². The predicted molar refractivity (Wildman–Crippen MR) is 86.7 cm³/mol. The first-order chi connectivity index (χ1) is 9.76. The largest absolute Gasteiger partial charge is 0.493 e. The van der Waals surface area contributed by atoms with E-state index in [1.54, 1.807) is 18.2 Å². The summed E-state index contributed by atoms with van der Waals surface area (Å²) in [6.45, 7) is 8.07. The Morgan fingerprint density at radius 1 is 1.38 bits per heavy atom. The van der Waals surface area contributed by atoms with Gasteiger partial charge >= 0.3 is 0 Å². The Hall–Kier alpha value is -1.75. The van der Waals surface area contributed by atoms with Crippen LogP contribution in [0.3, 0.4) is 0 Å². The van der Waals surface area contributed by atoms with Gasteiger partial charge in [-0.1, -0.05) is 19.9 Å². The molecule has 21 heavy (non-hydrogen) atoms. The van der Waals surface area contributed by atoms with Crippen LogP contribution in [0.4, 0.5) is 5.69 Å². The number of nitrogens with two attached hydrogens (primary N) is 1. The quantitative estimate of drug-likeness (QED) is 0.754. The molecule has 0 aliphatic rings. The van der Waals surface area contributed by atoms with E-state index in [2.05, 4.69) is 24.1 Å². The Balaban J connectivity index is 2.81. The van der Waals surface area contributed by atoms with Crippen molar-refractivity contribution in [1.82, 2.24) is 10.2 Å². The van der Waals surface area contributed by atoms with E-state index in [1.165, 1.54) is 0 Å². The average molecular weight is 293 g/mol. The van der Waals surface area contributed by atoms with Crippen LogP contribution in [0.5, 0.6) is 5.75 Å². The predicted octanol–water partition coefficient (Wildman–Crippen LogP) is 1.99. The number of benzene rings is 1. The van der Waals surface area contributed by atoms with Crippen molar-refractivity contribution in [3.63, 3.8) is 0 Å². The van der Waals surface area contributed by atoms with Crippen molar-refractivity contribution in [2.75, 3.05) is 39.5 Å². The SMILES string of the molecule is CCOc1cccc(N)c1C(=O)NCC(C)(C)CN(C)C. The number of carbonyl (C=O) groups is 1. The van der Waals surface area contributed by atoms with Crippen LogP contribution in [0.2, 0.25) is 0 Å². The Morgan fingerprint density at radius 2 is 2.05 bits per heavy atom. The van der Waals surface area contributed by atoms with Crippen LogP contribution in [0.1, 0.15) is 31.1 Å². The fourth-order valence-electron chi connectivity index (χ4n) is 2.39. The van der Waals surface area contributed by atoms with Gasteiger partial charge in [0.15, 0.2) is 0 Å². The number of amides is 1. The van der Waals surface area contributed by atoms with Gasteiger partial charge in [0, 0.05) is 18.8 Å². The van der Waals surface area contributed by atoms with Crippen molar-refractivity contribution in [1.29, 1.82) is 0 Å². The smallest absolute Gasteiger partial charge is 0.257 e. The van der Waals surface area contributed by atoms with Gasteiger partial charge in [0.1, 0.15) is 11.3 Å². The lowest BCUT2D eigenvalue weighted by Crippen LogP contribution is -2.40. The van der Waals surface area contributed by atoms with E-state index < -0.39 is 0 Å². The number of nitrogens with one attached hydrogen (secondary N) is 1.